The number of amides is 2. The molecule has 1 saturated heterocycles. The van der Waals surface area contributed by atoms with Crippen LogP contribution in [0.5, 0.6) is 5.75 Å². The standard InChI is InChI=1S/C22H21N5O5/c1-14-11-20(26(24-14)16-7-9-17(10-8-16)27(30)31)23-22(29)15-12-21(28)25(13-15)18-5-3-4-6-19(18)32-2/h3-11,15H,12-13H2,1-2H3,(H,23,29). The molecule has 1 aliphatic rings. The molecule has 0 radical (unpaired) electrons. The third-order valence-corrected chi connectivity index (χ3v) is 5.26. The molecule has 1 unspecified atom stereocenters. The average molecular weight is 435 g/mol. The Balaban J connectivity index is 1.53. The predicted molar refractivity (Wildman–Crippen MR) is 117 cm³/mol. The third kappa shape index (κ3) is 4.02. The number of carbonyl (C=O) groups excluding carboxylic acids is 2. The zero-order valence-corrected chi connectivity index (χ0v) is 17.5. The molecule has 0 spiro atoms. The van der Waals surface area contributed by atoms with Crippen LogP contribution in [0.15, 0.2) is 54.6 Å². The fraction of sp³-hybridized carbons (Fsp3) is 0.227. The van der Waals surface area contributed by atoms with Crippen molar-refractivity contribution in [2.24, 2.45) is 5.92 Å². The summed E-state index contributed by atoms with van der Waals surface area (Å²) in [6.45, 7) is 2.01. The molecule has 10 heteroatoms. The Labute approximate surface area is 183 Å². The van der Waals surface area contributed by atoms with Gasteiger partial charge in [0.25, 0.3) is 5.69 Å². The fourth-order valence-corrected chi connectivity index (χ4v) is 3.70. The van der Waals surface area contributed by atoms with Crippen molar-refractivity contribution in [2.75, 3.05) is 23.9 Å². The normalized spacial score (nSPS) is 15.6. The molecule has 2 aromatic carbocycles. The van der Waals surface area contributed by atoms with Gasteiger partial charge in [-0.3, -0.25) is 19.7 Å². The second-order valence-corrected chi connectivity index (χ2v) is 7.42. The Morgan fingerprint density at radius 2 is 1.94 bits per heavy atom. The number of para-hydroxylation sites is 2. The van der Waals surface area contributed by atoms with Crippen molar-refractivity contribution in [3.63, 3.8) is 0 Å². The van der Waals surface area contributed by atoms with Crippen LogP contribution in [0.2, 0.25) is 0 Å². The highest BCUT2D eigenvalue weighted by atomic mass is 16.6. The smallest absolute Gasteiger partial charge is 0.269 e. The zero-order valence-electron chi connectivity index (χ0n) is 17.5. The van der Waals surface area contributed by atoms with Crippen molar-refractivity contribution in [1.29, 1.82) is 0 Å². The van der Waals surface area contributed by atoms with Crippen molar-refractivity contribution in [1.82, 2.24) is 9.78 Å². The summed E-state index contributed by atoms with van der Waals surface area (Å²) in [5, 5.41) is 18.1. The molecule has 1 aliphatic heterocycles. The Morgan fingerprint density at radius 1 is 1.22 bits per heavy atom. The topological polar surface area (TPSA) is 120 Å². The molecule has 10 nitrogen and oxygen atoms in total. The van der Waals surface area contributed by atoms with Gasteiger partial charge >= 0.3 is 0 Å². The molecule has 1 aromatic heterocycles. The summed E-state index contributed by atoms with van der Waals surface area (Å²) in [7, 11) is 1.53. The van der Waals surface area contributed by atoms with E-state index >= 15 is 0 Å². The summed E-state index contributed by atoms with van der Waals surface area (Å²) in [5.74, 6) is -0.0280. The van der Waals surface area contributed by atoms with Crippen LogP contribution in [0.1, 0.15) is 12.1 Å². The van der Waals surface area contributed by atoms with Crippen LogP contribution in [-0.4, -0.2) is 40.2 Å². The maximum atomic E-state index is 13.0. The van der Waals surface area contributed by atoms with E-state index in [0.29, 0.717) is 28.6 Å². The van der Waals surface area contributed by atoms with Crippen LogP contribution < -0.4 is 15.0 Å². The number of hydrogen-bond acceptors (Lipinski definition) is 6. The Hall–Kier alpha value is -4.21. The number of nitro groups is 1. The number of carbonyl (C=O) groups is 2. The van der Waals surface area contributed by atoms with Crippen LogP contribution in [0.3, 0.4) is 0 Å². The van der Waals surface area contributed by atoms with Crippen LogP contribution >= 0.6 is 0 Å². The van der Waals surface area contributed by atoms with E-state index in [2.05, 4.69) is 10.4 Å². The first-order valence-corrected chi connectivity index (χ1v) is 9.93. The minimum absolute atomic E-state index is 0.0379. The van der Waals surface area contributed by atoms with Gasteiger partial charge in [-0.25, -0.2) is 4.68 Å². The first kappa shape index (κ1) is 21.0. The molecule has 0 bridgehead atoms. The molecule has 3 aromatic rings. The molecule has 0 saturated carbocycles. The number of methoxy groups -OCH3 is 1. The lowest BCUT2D eigenvalue weighted by Gasteiger charge is -2.19. The van der Waals surface area contributed by atoms with E-state index in [4.69, 9.17) is 4.74 Å². The monoisotopic (exact) mass is 435 g/mol. The van der Waals surface area contributed by atoms with Crippen LogP contribution in [-0.2, 0) is 9.59 Å². The van der Waals surface area contributed by atoms with Crippen LogP contribution in [0.25, 0.3) is 5.69 Å². The van der Waals surface area contributed by atoms with Gasteiger partial charge in [0, 0.05) is 31.2 Å². The number of ether oxygens (including phenoxy) is 1. The van der Waals surface area contributed by atoms with Gasteiger partial charge in [-0.15, -0.1) is 0 Å². The summed E-state index contributed by atoms with van der Waals surface area (Å²) in [5.41, 5.74) is 1.82. The fourth-order valence-electron chi connectivity index (χ4n) is 3.70. The van der Waals surface area contributed by atoms with Gasteiger partial charge in [-0.05, 0) is 31.2 Å². The van der Waals surface area contributed by atoms with Gasteiger partial charge < -0.3 is 15.0 Å². The van der Waals surface area contributed by atoms with Gasteiger partial charge in [-0.1, -0.05) is 12.1 Å². The highest BCUT2D eigenvalue weighted by molar-refractivity contribution is 6.04. The van der Waals surface area contributed by atoms with Gasteiger partial charge in [-0.2, -0.15) is 5.10 Å². The number of anilines is 2. The number of rotatable bonds is 6. The number of aryl methyl sites for hydroxylation is 1. The lowest BCUT2D eigenvalue weighted by molar-refractivity contribution is -0.384. The molecule has 32 heavy (non-hydrogen) atoms. The minimum atomic E-state index is -0.548. The van der Waals surface area contributed by atoms with Crippen molar-refractivity contribution in [3.05, 3.63) is 70.4 Å². The van der Waals surface area contributed by atoms with E-state index in [-0.39, 0.29) is 30.5 Å². The van der Waals surface area contributed by atoms with E-state index in [9.17, 15) is 19.7 Å². The summed E-state index contributed by atoms with van der Waals surface area (Å²) in [6, 6.07) is 14.7. The Kier molecular flexibility index (Phi) is 5.59. The molecular weight excluding hydrogens is 414 g/mol. The van der Waals surface area contributed by atoms with E-state index < -0.39 is 10.8 Å². The number of nitro benzene ring substituents is 1. The van der Waals surface area contributed by atoms with Crippen LogP contribution in [0.4, 0.5) is 17.2 Å². The molecule has 1 fully saturated rings. The highest BCUT2D eigenvalue weighted by Crippen LogP contribution is 2.33. The van der Waals surface area contributed by atoms with E-state index in [1.54, 1.807) is 42.2 Å². The predicted octanol–water partition coefficient (Wildman–Crippen LogP) is 3.09. The summed E-state index contributed by atoms with van der Waals surface area (Å²) >= 11 is 0. The van der Waals surface area contributed by atoms with Crippen LogP contribution in [0, 0.1) is 23.0 Å². The Morgan fingerprint density at radius 3 is 2.62 bits per heavy atom. The van der Waals surface area contributed by atoms with Crippen molar-refractivity contribution >= 4 is 29.0 Å². The number of hydrogen-bond donors (Lipinski definition) is 1. The molecule has 1 atom stereocenters. The molecule has 0 aliphatic carbocycles. The van der Waals surface area contributed by atoms with Gasteiger partial charge in [0.1, 0.15) is 11.6 Å². The van der Waals surface area contributed by atoms with Gasteiger partial charge in [0.15, 0.2) is 0 Å². The zero-order chi connectivity index (χ0) is 22.8. The molecule has 2 heterocycles. The molecule has 164 valence electrons. The molecular formula is C22H21N5O5. The average Bonchev–Trinajstić information content (AvgIpc) is 3.36. The SMILES string of the molecule is COc1ccccc1N1CC(C(=O)Nc2cc(C)nn2-c2ccc([N+](=O)[O-])cc2)CC1=O. The first-order chi connectivity index (χ1) is 15.4. The molecule has 2 amide bonds. The quantitative estimate of drug-likeness (QED) is 0.469. The van der Waals surface area contributed by atoms with E-state index in [1.807, 2.05) is 12.1 Å². The summed E-state index contributed by atoms with van der Waals surface area (Å²) in [4.78, 5) is 37.6. The number of nitrogens with one attached hydrogen (secondary N) is 1. The largest absolute Gasteiger partial charge is 0.495 e. The molecule has 4 rings (SSSR count). The second-order valence-electron chi connectivity index (χ2n) is 7.42. The maximum Gasteiger partial charge on any atom is 0.269 e. The number of nitrogens with zero attached hydrogens (tertiary/aromatic N) is 4. The lowest BCUT2D eigenvalue weighted by Crippen LogP contribution is -2.28. The maximum absolute atomic E-state index is 13.0. The second kappa shape index (κ2) is 8.50. The minimum Gasteiger partial charge on any atom is -0.495 e. The Bertz CT molecular complexity index is 1190. The van der Waals surface area contributed by atoms with Gasteiger partial charge in [0.05, 0.1) is 35.0 Å². The van der Waals surface area contributed by atoms with E-state index in [0.717, 1.165) is 0 Å². The summed E-state index contributed by atoms with van der Waals surface area (Å²) in [6.07, 6.45) is 0.0779. The van der Waals surface area contributed by atoms with Crippen molar-refractivity contribution in [2.45, 2.75) is 13.3 Å². The van der Waals surface area contributed by atoms with E-state index in [1.165, 1.54) is 23.9 Å². The lowest BCUT2D eigenvalue weighted by atomic mass is 10.1. The summed E-state index contributed by atoms with van der Waals surface area (Å²) < 4.78 is 6.85. The molecule has 1 N–H and O–H groups in total. The highest BCUT2D eigenvalue weighted by Gasteiger charge is 2.36. The number of benzene rings is 2. The van der Waals surface area contributed by atoms with Gasteiger partial charge in [0.2, 0.25) is 11.8 Å². The third-order valence-electron chi connectivity index (χ3n) is 5.26. The van der Waals surface area contributed by atoms with Crippen molar-refractivity contribution in [3.8, 4) is 11.4 Å². The van der Waals surface area contributed by atoms with Crippen molar-refractivity contribution < 1.29 is 19.2 Å². The first-order valence-electron chi connectivity index (χ1n) is 9.93. The number of aromatic nitrogens is 2. The number of non-ortho nitro benzene ring substituents is 1.